The molecular weight excluding hydrogens is 264 g/mol. The van der Waals surface area contributed by atoms with Crippen LogP contribution in [0.25, 0.3) is 0 Å². The highest BCUT2D eigenvalue weighted by Gasteiger charge is 2.24. The Bertz CT molecular complexity index is 596. The molecule has 19 heavy (non-hydrogen) atoms. The number of nitrogens with one attached hydrogen (secondary N) is 1. The third-order valence-corrected chi connectivity index (χ3v) is 4.76. The Balaban J connectivity index is 2.43. The van der Waals surface area contributed by atoms with E-state index in [2.05, 4.69) is 4.72 Å². The van der Waals surface area contributed by atoms with Gasteiger partial charge in [0.15, 0.2) is 0 Å². The van der Waals surface area contributed by atoms with Crippen LogP contribution in [0.5, 0.6) is 0 Å². The number of fused-ring (bicyclic) bond motifs is 1. The van der Waals surface area contributed by atoms with Crippen molar-refractivity contribution in [3.05, 3.63) is 23.8 Å². The third-order valence-electron chi connectivity index (χ3n) is 3.21. The molecular formula is C13H18N2O3S. The van der Waals surface area contributed by atoms with E-state index in [-0.39, 0.29) is 10.8 Å². The molecule has 0 saturated carbocycles. The Morgan fingerprint density at radius 1 is 1.26 bits per heavy atom. The molecule has 1 aromatic rings. The van der Waals surface area contributed by atoms with Gasteiger partial charge in [-0.3, -0.25) is 4.79 Å². The van der Waals surface area contributed by atoms with E-state index in [4.69, 9.17) is 0 Å². The molecule has 0 saturated heterocycles. The summed E-state index contributed by atoms with van der Waals surface area (Å²) in [5.74, 6) is 0.0947. The summed E-state index contributed by atoms with van der Waals surface area (Å²) in [7, 11) is -3.44. The number of amides is 1. The molecule has 0 atom stereocenters. The fourth-order valence-corrected chi connectivity index (χ4v) is 3.41. The van der Waals surface area contributed by atoms with Crippen molar-refractivity contribution in [3.8, 4) is 0 Å². The van der Waals surface area contributed by atoms with Crippen LogP contribution in [-0.4, -0.2) is 27.4 Å². The van der Waals surface area contributed by atoms with Crippen molar-refractivity contribution >= 4 is 21.6 Å². The molecule has 0 spiro atoms. The average molecular weight is 282 g/mol. The van der Waals surface area contributed by atoms with Gasteiger partial charge >= 0.3 is 0 Å². The van der Waals surface area contributed by atoms with Gasteiger partial charge in [-0.25, -0.2) is 13.1 Å². The summed E-state index contributed by atoms with van der Waals surface area (Å²) in [6, 6.07) is 4.95. The Morgan fingerprint density at radius 2 is 2.00 bits per heavy atom. The Hall–Kier alpha value is -1.40. The second-order valence-corrected chi connectivity index (χ2v) is 6.20. The van der Waals surface area contributed by atoms with Gasteiger partial charge in [-0.2, -0.15) is 0 Å². The molecule has 5 nitrogen and oxygen atoms in total. The second-order valence-electron chi connectivity index (χ2n) is 4.43. The van der Waals surface area contributed by atoms with E-state index in [0.717, 1.165) is 11.3 Å². The summed E-state index contributed by atoms with van der Waals surface area (Å²) < 4.78 is 26.4. The molecule has 1 heterocycles. The van der Waals surface area contributed by atoms with Crippen molar-refractivity contribution < 1.29 is 13.2 Å². The first-order valence-corrected chi connectivity index (χ1v) is 7.91. The zero-order valence-electron chi connectivity index (χ0n) is 11.1. The molecule has 2 rings (SSSR count). The quantitative estimate of drug-likeness (QED) is 0.904. The molecule has 1 aliphatic rings. The van der Waals surface area contributed by atoms with Crippen LogP contribution in [0, 0.1) is 0 Å². The number of hydrogen-bond donors (Lipinski definition) is 1. The van der Waals surface area contributed by atoms with E-state index in [1.54, 1.807) is 30.0 Å². The van der Waals surface area contributed by atoms with E-state index >= 15 is 0 Å². The van der Waals surface area contributed by atoms with Crippen LogP contribution in [0.3, 0.4) is 0 Å². The maximum atomic E-state index is 11.9. The molecule has 6 heteroatoms. The summed E-state index contributed by atoms with van der Waals surface area (Å²) in [5, 5.41) is 0. The second kappa shape index (κ2) is 5.30. The van der Waals surface area contributed by atoms with Gasteiger partial charge in [-0.15, -0.1) is 0 Å². The minimum Gasteiger partial charge on any atom is -0.312 e. The highest BCUT2D eigenvalue weighted by atomic mass is 32.2. The number of carbonyl (C=O) groups excluding carboxylic acids is 1. The van der Waals surface area contributed by atoms with Gasteiger partial charge in [0.2, 0.25) is 15.9 Å². The van der Waals surface area contributed by atoms with E-state index in [9.17, 15) is 13.2 Å². The van der Waals surface area contributed by atoms with Crippen molar-refractivity contribution in [2.24, 2.45) is 0 Å². The number of aryl methyl sites for hydroxylation is 1. The lowest BCUT2D eigenvalue weighted by molar-refractivity contribution is -0.118. The first kappa shape index (κ1) is 14.0. The number of hydrogen-bond acceptors (Lipinski definition) is 3. The van der Waals surface area contributed by atoms with Gasteiger partial charge in [0, 0.05) is 25.2 Å². The maximum absolute atomic E-state index is 11.9. The van der Waals surface area contributed by atoms with Crippen molar-refractivity contribution in [2.75, 3.05) is 18.0 Å². The fraction of sp³-hybridized carbons (Fsp3) is 0.462. The number of anilines is 1. The highest BCUT2D eigenvalue weighted by molar-refractivity contribution is 7.89. The van der Waals surface area contributed by atoms with Crippen LogP contribution >= 0.6 is 0 Å². The standard InChI is InChI=1S/C13H18N2O3S/c1-3-14-19(17,18)11-6-7-12-10(9-11)5-8-13(16)15(12)4-2/h6-7,9,14H,3-5,8H2,1-2H3. The molecule has 0 fully saturated rings. The number of carbonyl (C=O) groups is 1. The number of rotatable bonds is 4. The zero-order chi connectivity index (χ0) is 14.0. The summed E-state index contributed by atoms with van der Waals surface area (Å²) in [4.78, 5) is 13.7. The first-order valence-electron chi connectivity index (χ1n) is 6.42. The summed E-state index contributed by atoms with van der Waals surface area (Å²) in [5.41, 5.74) is 1.75. The van der Waals surface area contributed by atoms with Crippen molar-refractivity contribution in [1.82, 2.24) is 4.72 Å². The summed E-state index contributed by atoms with van der Waals surface area (Å²) in [6.07, 6.45) is 1.03. The number of sulfonamides is 1. The van der Waals surface area contributed by atoms with Crippen molar-refractivity contribution in [1.29, 1.82) is 0 Å². The van der Waals surface area contributed by atoms with Crippen molar-refractivity contribution in [3.63, 3.8) is 0 Å². The molecule has 1 aliphatic heterocycles. The normalized spacial score (nSPS) is 15.5. The van der Waals surface area contributed by atoms with E-state index < -0.39 is 10.0 Å². The van der Waals surface area contributed by atoms with Gasteiger partial charge in [0.05, 0.1) is 4.90 Å². The molecule has 0 aliphatic carbocycles. The van der Waals surface area contributed by atoms with E-state index in [1.807, 2.05) is 6.92 Å². The van der Waals surface area contributed by atoms with Gasteiger partial charge < -0.3 is 4.90 Å². The Kier molecular flexibility index (Phi) is 3.91. The molecule has 0 bridgehead atoms. The first-order chi connectivity index (χ1) is 8.99. The lowest BCUT2D eigenvalue weighted by atomic mass is 10.0. The Morgan fingerprint density at radius 3 is 2.63 bits per heavy atom. The monoisotopic (exact) mass is 282 g/mol. The number of benzene rings is 1. The average Bonchev–Trinajstić information content (AvgIpc) is 2.38. The molecule has 104 valence electrons. The van der Waals surface area contributed by atoms with E-state index in [0.29, 0.717) is 25.9 Å². The lowest BCUT2D eigenvalue weighted by Gasteiger charge is -2.28. The zero-order valence-corrected chi connectivity index (χ0v) is 12.0. The van der Waals surface area contributed by atoms with Gasteiger partial charge in [0.25, 0.3) is 0 Å². The fourth-order valence-electron chi connectivity index (χ4n) is 2.32. The molecule has 1 aromatic carbocycles. The summed E-state index contributed by atoms with van der Waals surface area (Å²) in [6.45, 7) is 4.62. The SMILES string of the molecule is CCNS(=O)(=O)c1ccc2c(c1)CCC(=O)N2CC. The predicted octanol–water partition coefficient (Wildman–Crippen LogP) is 1.28. The van der Waals surface area contributed by atoms with Gasteiger partial charge in [0.1, 0.15) is 0 Å². The number of nitrogens with zero attached hydrogens (tertiary/aromatic N) is 1. The van der Waals surface area contributed by atoms with Crippen LogP contribution in [0.2, 0.25) is 0 Å². The van der Waals surface area contributed by atoms with Crippen LogP contribution in [-0.2, 0) is 21.2 Å². The molecule has 0 radical (unpaired) electrons. The van der Waals surface area contributed by atoms with Crippen molar-refractivity contribution in [2.45, 2.75) is 31.6 Å². The van der Waals surface area contributed by atoms with E-state index in [1.165, 1.54) is 0 Å². The van der Waals surface area contributed by atoms with Crippen LogP contribution in [0.15, 0.2) is 23.1 Å². The molecule has 1 amide bonds. The topological polar surface area (TPSA) is 66.5 Å². The minimum atomic E-state index is -3.44. The van der Waals surface area contributed by atoms with Crippen LogP contribution in [0.4, 0.5) is 5.69 Å². The van der Waals surface area contributed by atoms with Gasteiger partial charge in [-0.05, 0) is 37.1 Å². The minimum absolute atomic E-state index is 0.0947. The summed E-state index contributed by atoms with van der Waals surface area (Å²) >= 11 is 0. The predicted molar refractivity (Wildman–Crippen MR) is 73.7 cm³/mol. The molecule has 1 N–H and O–H groups in total. The molecule has 0 unspecified atom stereocenters. The third kappa shape index (κ3) is 2.64. The van der Waals surface area contributed by atoms with Crippen LogP contribution in [0.1, 0.15) is 25.8 Å². The largest absolute Gasteiger partial charge is 0.312 e. The highest BCUT2D eigenvalue weighted by Crippen LogP contribution is 2.29. The molecule has 0 aromatic heterocycles. The lowest BCUT2D eigenvalue weighted by Crippen LogP contribution is -2.35. The van der Waals surface area contributed by atoms with Gasteiger partial charge in [-0.1, -0.05) is 6.92 Å². The maximum Gasteiger partial charge on any atom is 0.240 e. The Labute approximate surface area is 113 Å². The van der Waals surface area contributed by atoms with Crippen LogP contribution < -0.4 is 9.62 Å². The smallest absolute Gasteiger partial charge is 0.240 e.